The predicted molar refractivity (Wildman–Crippen MR) is 69.1 cm³/mol. The molecule has 0 aliphatic carbocycles. The Balaban J connectivity index is 1.79. The number of ether oxygens (including phenoxy) is 1. The number of fused-ring (bicyclic) bond motifs is 1. The van der Waals surface area contributed by atoms with Gasteiger partial charge in [-0.2, -0.15) is 0 Å². The molecule has 0 fully saturated rings. The van der Waals surface area contributed by atoms with Gasteiger partial charge in [0, 0.05) is 5.39 Å². The number of nitrogens with zero attached hydrogens (tertiary/aromatic N) is 2. The van der Waals surface area contributed by atoms with Crippen LogP contribution < -0.4 is 4.74 Å². The fourth-order valence-electron chi connectivity index (χ4n) is 1.74. The van der Waals surface area contributed by atoms with Gasteiger partial charge < -0.3 is 4.74 Å². The summed E-state index contributed by atoms with van der Waals surface area (Å²) in [5, 5.41) is 0.864. The highest BCUT2D eigenvalue weighted by atomic mass is 16.5. The lowest BCUT2D eigenvalue weighted by Crippen LogP contribution is -1.95. The molecule has 18 heavy (non-hydrogen) atoms. The van der Waals surface area contributed by atoms with Crippen LogP contribution in [0.4, 0.5) is 0 Å². The zero-order chi connectivity index (χ0) is 12.2. The van der Waals surface area contributed by atoms with Gasteiger partial charge in [0.15, 0.2) is 0 Å². The highest BCUT2D eigenvalue weighted by Gasteiger charge is 1.99. The zero-order valence-electron chi connectivity index (χ0n) is 9.71. The van der Waals surface area contributed by atoms with Crippen molar-refractivity contribution in [3.05, 3.63) is 66.6 Å². The van der Waals surface area contributed by atoms with Crippen LogP contribution in [-0.4, -0.2) is 9.97 Å². The van der Waals surface area contributed by atoms with Crippen LogP contribution in [0.5, 0.6) is 5.75 Å². The smallest absolute Gasteiger partial charge is 0.120 e. The van der Waals surface area contributed by atoms with Crippen molar-refractivity contribution in [3.63, 3.8) is 0 Å². The first-order valence-electron chi connectivity index (χ1n) is 5.71. The summed E-state index contributed by atoms with van der Waals surface area (Å²) in [5.74, 6) is 0.803. The maximum Gasteiger partial charge on any atom is 0.120 e. The van der Waals surface area contributed by atoms with Gasteiger partial charge in [0.25, 0.3) is 0 Å². The molecular formula is C15H11N2O. The molecule has 3 nitrogen and oxygen atoms in total. The Hall–Kier alpha value is -2.42. The van der Waals surface area contributed by atoms with E-state index in [4.69, 9.17) is 4.74 Å². The lowest BCUT2D eigenvalue weighted by molar-refractivity contribution is 0.306. The van der Waals surface area contributed by atoms with Gasteiger partial charge in [0.2, 0.25) is 0 Å². The van der Waals surface area contributed by atoms with E-state index in [9.17, 15) is 0 Å². The quantitative estimate of drug-likeness (QED) is 0.700. The summed E-state index contributed by atoms with van der Waals surface area (Å²) in [6, 6.07) is 15.8. The molecule has 0 bridgehead atoms. The molecule has 0 amide bonds. The molecule has 3 aromatic rings. The predicted octanol–water partition coefficient (Wildman–Crippen LogP) is 3.01. The Morgan fingerprint density at radius 1 is 1.06 bits per heavy atom. The minimum Gasteiger partial charge on any atom is -0.489 e. The number of hydrogen-bond acceptors (Lipinski definition) is 3. The van der Waals surface area contributed by atoms with E-state index in [1.807, 2.05) is 48.5 Å². The summed E-state index contributed by atoms with van der Waals surface area (Å²) in [6.07, 6.45) is 4.39. The Labute approximate surface area is 105 Å². The van der Waals surface area contributed by atoms with E-state index < -0.39 is 0 Å². The highest BCUT2D eigenvalue weighted by molar-refractivity contribution is 5.78. The van der Waals surface area contributed by atoms with Crippen LogP contribution in [0.25, 0.3) is 10.9 Å². The van der Waals surface area contributed by atoms with E-state index in [2.05, 4.69) is 16.2 Å². The lowest BCUT2D eigenvalue weighted by Gasteiger charge is -2.06. The third-order valence-electron chi connectivity index (χ3n) is 2.66. The molecule has 0 saturated heterocycles. The first-order chi connectivity index (χ1) is 8.92. The lowest BCUT2D eigenvalue weighted by atomic mass is 10.2. The molecule has 1 heterocycles. The fraction of sp³-hybridized carbons (Fsp3) is 0.0667. The van der Waals surface area contributed by atoms with Crippen molar-refractivity contribution >= 4 is 10.9 Å². The topological polar surface area (TPSA) is 35.0 Å². The first-order valence-corrected chi connectivity index (χ1v) is 5.71. The maximum absolute atomic E-state index is 5.72. The Bertz CT molecular complexity index is 653. The maximum atomic E-state index is 5.72. The Morgan fingerprint density at radius 3 is 2.83 bits per heavy atom. The van der Waals surface area contributed by atoms with Crippen LogP contribution >= 0.6 is 0 Å². The van der Waals surface area contributed by atoms with Crippen LogP contribution in [0.15, 0.2) is 54.9 Å². The van der Waals surface area contributed by atoms with E-state index in [-0.39, 0.29) is 0 Å². The van der Waals surface area contributed by atoms with Gasteiger partial charge in [0.1, 0.15) is 24.9 Å². The zero-order valence-corrected chi connectivity index (χ0v) is 9.71. The van der Waals surface area contributed by atoms with Gasteiger partial charge in [-0.3, -0.25) is 0 Å². The van der Waals surface area contributed by atoms with Crippen LogP contribution in [0.1, 0.15) is 5.56 Å². The van der Waals surface area contributed by atoms with Crippen LogP contribution in [0.2, 0.25) is 0 Å². The van der Waals surface area contributed by atoms with Gasteiger partial charge in [-0.25, -0.2) is 9.97 Å². The summed E-state index contributed by atoms with van der Waals surface area (Å²) in [5.41, 5.74) is 2.02. The summed E-state index contributed by atoms with van der Waals surface area (Å²) < 4.78 is 5.72. The second-order valence-electron chi connectivity index (χ2n) is 3.94. The number of hydrogen-bond donors (Lipinski definition) is 0. The van der Waals surface area contributed by atoms with Crippen molar-refractivity contribution in [2.75, 3.05) is 0 Å². The molecule has 0 unspecified atom stereocenters. The normalized spacial score (nSPS) is 10.4. The number of aromatic nitrogens is 2. The monoisotopic (exact) mass is 235 g/mol. The molecule has 0 spiro atoms. The van der Waals surface area contributed by atoms with Crippen molar-refractivity contribution in [2.45, 2.75) is 6.61 Å². The summed E-state index contributed by atoms with van der Waals surface area (Å²) in [6.45, 7) is 0.556. The minimum absolute atomic E-state index is 0.556. The molecule has 3 heteroatoms. The van der Waals surface area contributed by atoms with Crippen LogP contribution in [0, 0.1) is 6.20 Å². The largest absolute Gasteiger partial charge is 0.489 e. The highest BCUT2D eigenvalue weighted by Crippen LogP contribution is 2.18. The minimum atomic E-state index is 0.556. The Kier molecular flexibility index (Phi) is 2.88. The third-order valence-corrected chi connectivity index (χ3v) is 2.66. The Morgan fingerprint density at radius 2 is 1.94 bits per heavy atom. The average Bonchev–Trinajstić information content (AvgIpc) is 2.46. The molecule has 0 atom stereocenters. The summed E-state index contributed by atoms with van der Waals surface area (Å²) in [4.78, 5) is 8.02. The third kappa shape index (κ3) is 2.30. The summed E-state index contributed by atoms with van der Waals surface area (Å²) >= 11 is 0. The van der Waals surface area contributed by atoms with Gasteiger partial charge in [0.05, 0.1) is 5.52 Å². The van der Waals surface area contributed by atoms with Crippen molar-refractivity contribution in [2.24, 2.45) is 0 Å². The van der Waals surface area contributed by atoms with E-state index in [0.717, 1.165) is 22.2 Å². The van der Waals surface area contributed by atoms with E-state index in [1.165, 1.54) is 6.33 Å². The summed E-state index contributed by atoms with van der Waals surface area (Å²) in [7, 11) is 0. The molecule has 0 N–H and O–H groups in total. The molecule has 0 aliphatic heterocycles. The van der Waals surface area contributed by atoms with Gasteiger partial charge in [-0.05, 0) is 23.8 Å². The number of rotatable bonds is 3. The molecule has 3 rings (SSSR count). The fourth-order valence-corrected chi connectivity index (χ4v) is 1.74. The molecule has 87 valence electrons. The van der Waals surface area contributed by atoms with E-state index in [1.54, 1.807) is 0 Å². The average molecular weight is 235 g/mol. The van der Waals surface area contributed by atoms with E-state index >= 15 is 0 Å². The van der Waals surface area contributed by atoms with Crippen LogP contribution in [-0.2, 0) is 6.61 Å². The molecule has 0 saturated carbocycles. The number of benzene rings is 2. The van der Waals surface area contributed by atoms with E-state index in [0.29, 0.717) is 6.61 Å². The molecule has 2 aromatic carbocycles. The first kappa shape index (κ1) is 10.7. The van der Waals surface area contributed by atoms with Gasteiger partial charge in [-0.15, -0.1) is 0 Å². The van der Waals surface area contributed by atoms with Gasteiger partial charge >= 0.3 is 0 Å². The van der Waals surface area contributed by atoms with Crippen molar-refractivity contribution in [3.8, 4) is 5.75 Å². The van der Waals surface area contributed by atoms with Crippen molar-refractivity contribution in [1.29, 1.82) is 0 Å². The standard InChI is InChI=1S/C15H11N2O/c1-2-4-12(5-3-1)10-18-14-6-7-15-13(8-14)9-16-11-17-15/h1-8,11H,10H2. The molecule has 1 aromatic heterocycles. The molecule has 1 radical (unpaired) electrons. The van der Waals surface area contributed by atoms with Gasteiger partial charge in [-0.1, -0.05) is 30.3 Å². The SMILES string of the molecule is [c]1ncnc2ccc(OCc3ccccc3)cc12. The second kappa shape index (κ2) is 4.84. The second-order valence-corrected chi connectivity index (χ2v) is 3.94. The molecule has 0 aliphatic rings. The van der Waals surface area contributed by atoms with Crippen molar-refractivity contribution < 1.29 is 4.74 Å². The van der Waals surface area contributed by atoms with Crippen molar-refractivity contribution in [1.82, 2.24) is 9.97 Å². The van der Waals surface area contributed by atoms with Crippen LogP contribution in [0.3, 0.4) is 0 Å². The molecular weight excluding hydrogens is 224 g/mol.